The predicted molar refractivity (Wildman–Crippen MR) is 116 cm³/mol. The minimum atomic E-state index is -0.660. The van der Waals surface area contributed by atoms with Crippen molar-refractivity contribution in [2.45, 2.75) is 89.5 Å². The lowest BCUT2D eigenvalue weighted by molar-refractivity contribution is -0.152. The van der Waals surface area contributed by atoms with Crippen LogP contribution in [0.1, 0.15) is 66.2 Å². The molecule has 3 aliphatic rings. The SMILES string of the molecule is C#CC(NC(=O)C12CCC(C(=O)NC(C#C)C(C)(C)OC)(CC1)CC2)C(C)(C)OC. The van der Waals surface area contributed by atoms with Crippen molar-refractivity contribution >= 4 is 11.8 Å². The van der Waals surface area contributed by atoms with Crippen LogP contribution in [0.25, 0.3) is 0 Å². The van der Waals surface area contributed by atoms with Crippen molar-refractivity contribution in [2.75, 3.05) is 14.2 Å². The molecule has 2 unspecified atom stereocenters. The summed E-state index contributed by atoms with van der Waals surface area (Å²) in [7, 11) is 3.16. The number of nitrogens with one attached hydrogen (secondary N) is 2. The Morgan fingerprint density at radius 3 is 1.23 bits per heavy atom. The van der Waals surface area contributed by atoms with Gasteiger partial charge in [0.15, 0.2) is 0 Å². The summed E-state index contributed by atoms with van der Waals surface area (Å²) in [6, 6.07) is -1.04. The van der Waals surface area contributed by atoms with E-state index >= 15 is 0 Å². The van der Waals surface area contributed by atoms with Crippen LogP contribution in [-0.2, 0) is 19.1 Å². The van der Waals surface area contributed by atoms with Gasteiger partial charge in [-0.2, -0.15) is 0 Å². The summed E-state index contributed by atoms with van der Waals surface area (Å²) in [5, 5.41) is 6.02. The molecule has 6 heteroatoms. The Bertz CT molecular complexity index is 668. The maximum Gasteiger partial charge on any atom is 0.227 e. The molecule has 3 aliphatic carbocycles. The Morgan fingerprint density at radius 1 is 0.767 bits per heavy atom. The van der Waals surface area contributed by atoms with Gasteiger partial charge >= 0.3 is 0 Å². The highest BCUT2D eigenvalue weighted by molar-refractivity contribution is 5.87. The molecule has 166 valence electrons. The van der Waals surface area contributed by atoms with Gasteiger partial charge in [-0.05, 0) is 66.2 Å². The fourth-order valence-electron chi connectivity index (χ4n) is 4.50. The fraction of sp³-hybridized carbons (Fsp3) is 0.750. The summed E-state index contributed by atoms with van der Waals surface area (Å²) < 4.78 is 10.9. The van der Waals surface area contributed by atoms with Gasteiger partial charge in [0.2, 0.25) is 11.8 Å². The van der Waals surface area contributed by atoms with E-state index in [4.69, 9.17) is 22.3 Å². The van der Waals surface area contributed by atoms with Gasteiger partial charge in [-0.25, -0.2) is 0 Å². The van der Waals surface area contributed by atoms with Crippen molar-refractivity contribution in [1.82, 2.24) is 10.6 Å². The maximum atomic E-state index is 13.2. The number of amides is 2. The molecule has 3 fully saturated rings. The number of carbonyl (C=O) groups is 2. The van der Waals surface area contributed by atoms with Crippen LogP contribution >= 0.6 is 0 Å². The number of carbonyl (C=O) groups excluding carboxylic acids is 2. The zero-order valence-corrected chi connectivity index (χ0v) is 19.2. The first-order chi connectivity index (χ1) is 13.9. The standard InChI is InChI=1S/C24H36N2O4/c1-9-17(21(3,4)29-7)25-19(27)23-11-14-24(15-12-23,16-13-23)20(28)26-18(10-2)22(5,6)30-8/h1-2,17-18H,11-16H2,3-8H3,(H,25,27)(H,26,28). The van der Waals surface area contributed by atoms with Crippen LogP contribution in [0.5, 0.6) is 0 Å². The fourth-order valence-corrected chi connectivity index (χ4v) is 4.50. The van der Waals surface area contributed by atoms with Crippen molar-refractivity contribution in [1.29, 1.82) is 0 Å². The predicted octanol–water partition coefficient (Wildman–Crippen LogP) is 2.41. The van der Waals surface area contributed by atoms with Crippen molar-refractivity contribution in [3.63, 3.8) is 0 Å². The first kappa shape index (κ1) is 24.3. The van der Waals surface area contributed by atoms with E-state index in [0.29, 0.717) is 38.5 Å². The molecule has 0 radical (unpaired) electrons. The van der Waals surface area contributed by atoms with E-state index in [0.717, 1.165) is 0 Å². The third kappa shape index (κ3) is 4.36. The molecule has 0 aromatic rings. The molecule has 6 nitrogen and oxygen atoms in total. The Morgan fingerprint density at radius 2 is 1.03 bits per heavy atom. The Labute approximate surface area is 181 Å². The van der Waals surface area contributed by atoms with Crippen LogP contribution in [0, 0.1) is 35.5 Å². The van der Waals surface area contributed by atoms with Crippen LogP contribution in [0.15, 0.2) is 0 Å². The number of methoxy groups -OCH3 is 2. The minimum absolute atomic E-state index is 0.0358. The van der Waals surface area contributed by atoms with E-state index in [-0.39, 0.29) is 11.8 Å². The second-order valence-electron chi connectivity index (χ2n) is 9.82. The van der Waals surface area contributed by atoms with Crippen molar-refractivity contribution in [3.05, 3.63) is 0 Å². The second kappa shape index (κ2) is 8.61. The zero-order valence-electron chi connectivity index (χ0n) is 19.2. The van der Waals surface area contributed by atoms with E-state index in [9.17, 15) is 9.59 Å². The van der Waals surface area contributed by atoms with Gasteiger partial charge in [0, 0.05) is 25.0 Å². The quantitative estimate of drug-likeness (QED) is 0.596. The average molecular weight is 417 g/mol. The molecule has 0 spiro atoms. The van der Waals surface area contributed by atoms with Crippen molar-refractivity contribution < 1.29 is 19.1 Å². The van der Waals surface area contributed by atoms with Gasteiger partial charge in [0.25, 0.3) is 0 Å². The third-order valence-electron chi connectivity index (χ3n) is 7.54. The molecule has 2 atom stereocenters. The molecule has 0 heterocycles. The Kier molecular flexibility index (Phi) is 6.96. The topological polar surface area (TPSA) is 76.7 Å². The second-order valence-corrected chi connectivity index (χ2v) is 9.82. The van der Waals surface area contributed by atoms with Crippen LogP contribution < -0.4 is 10.6 Å². The number of rotatable bonds is 8. The zero-order chi connectivity index (χ0) is 22.8. The van der Waals surface area contributed by atoms with Crippen molar-refractivity contribution in [2.24, 2.45) is 10.8 Å². The maximum absolute atomic E-state index is 13.2. The van der Waals surface area contributed by atoms with Gasteiger partial charge in [-0.3, -0.25) is 9.59 Å². The number of ether oxygens (including phenoxy) is 2. The normalized spacial score (nSPS) is 28.0. The lowest BCUT2D eigenvalue weighted by atomic mass is 9.53. The lowest BCUT2D eigenvalue weighted by Gasteiger charge is -2.52. The van der Waals surface area contributed by atoms with Crippen LogP contribution in [0.4, 0.5) is 0 Å². The van der Waals surface area contributed by atoms with Gasteiger partial charge < -0.3 is 20.1 Å². The summed E-state index contributed by atoms with van der Waals surface area (Å²) in [6.07, 6.45) is 15.2. The number of hydrogen-bond acceptors (Lipinski definition) is 4. The van der Waals surface area contributed by atoms with Crippen LogP contribution in [0.2, 0.25) is 0 Å². The van der Waals surface area contributed by atoms with Crippen molar-refractivity contribution in [3.8, 4) is 24.7 Å². The van der Waals surface area contributed by atoms with E-state index in [1.807, 2.05) is 27.7 Å². The highest BCUT2D eigenvalue weighted by Crippen LogP contribution is 2.57. The molecular weight excluding hydrogens is 380 g/mol. The summed E-state index contributed by atoms with van der Waals surface area (Å²) in [6.45, 7) is 7.43. The van der Waals surface area contributed by atoms with Gasteiger partial charge in [0.1, 0.15) is 12.1 Å². The number of fused-ring (bicyclic) bond motifs is 3. The smallest absolute Gasteiger partial charge is 0.227 e. The third-order valence-corrected chi connectivity index (χ3v) is 7.54. The van der Waals surface area contributed by atoms with E-state index in [2.05, 4.69) is 22.5 Å². The molecule has 2 amide bonds. The highest BCUT2D eigenvalue weighted by Gasteiger charge is 2.56. The van der Waals surface area contributed by atoms with E-state index < -0.39 is 34.1 Å². The molecule has 0 aliphatic heterocycles. The molecule has 30 heavy (non-hydrogen) atoms. The lowest BCUT2D eigenvalue weighted by Crippen LogP contribution is -2.60. The summed E-state index contributed by atoms with van der Waals surface area (Å²) in [5.74, 6) is 5.21. The van der Waals surface area contributed by atoms with Crippen LogP contribution in [-0.4, -0.2) is 49.3 Å². The first-order valence-electron chi connectivity index (χ1n) is 10.6. The van der Waals surface area contributed by atoms with Gasteiger partial charge in [-0.1, -0.05) is 11.8 Å². The van der Waals surface area contributed by atoms with E-state index in [1.54, 1.807) is 14.2 Å². The highest BCUT2D eigenvalue weighted by atomic mass is 16.5. The number of terminal acetylenes is 2. The molecule has 3 saturated carbocycles. The largest absolute Gasteiger partial charge is 0.376 e. The molecular formula is C24H36N2O4. The van der Waals surface area contributed by atoms with Gasteiger partial charge in [0.05, 0.1) is 11.2 Å². The molecule has 2 N–H and O–H groups in total. The summed E-state index contributed by atoms with van der Waals surface area (Å²) >= 11 is 0. The summed E-state index contributed by atoms with van der Waals surface area (Å²) in [5.41, 5.74) is -2.27. The van der Waals surface area contributed by atoms with Gasteiger partial charge in [-0.15, -0.1) is 12.8 Å². The molecule has 2 bridgehead atoms. The molecule has 0 saturated heterocycles. The summed E-state index contributed by atoms with van der Waals surface area (Å²) in [4.78, 5) is 26.3. The minimum Gasteiger partial charge on any atom is -0.376 e. The Hall–Kier alpha value is -2.02. The molecule has 0 aromatic carbocycles. The van der Waals surface area contributed by atoms with E-state index in [1.165, 1.54) is 0 Å². The number of hydrogen-bond donors (Lipinski definition) is 2. The first-order valence-corrected chi connectivity index (χ1v) is 10.6. The monoisotopic (exact) mass is 416 g/mol. The van der Waals surface area contributed by atoms with Crippen LogP contribution in [0.3, 0.4) is 0 Å². The average Bonchev–Trinajstić information content (AvgIpc) is 2.76. The Balaban J connectivity index is 2.07. The molecule has 0 aromatic heterocycles. The molecule has 3 rings (SSSR count).